The van der Waals surface area contributed by atoms with E-state index in [0.717, 1.165) is 76.0 Å². The van der Waals surface area contributed by atoms with Crippen molar-refractivity contribution in [2.45, 2.75) is 64.6 Å². The van der Waals surface area contributed by atoms with Crippen LogP contribution in [0.3, 0.4) is 0 Å². The second-order valence-corrected chi connectivity index (χ2v) is 15.2. The van der Waals surface area contributed by atoms with E-state index >= 15 is 4.39 Å². The Balaban J connectivity index is 1.13. The van der Waals surface area contributed by atoms with E-state index in [4.69, 9.17) is 9.47 Å². The van der Waals surface area contributed by atoms with E-state index in [2.05, 4.69) is 32.1 Å². The normalized spacial score (nSPS) is 17.8. The van der Waals surface area contributed by atoms with Gasteiger partial charge in [-0.3, -0.25) is 19.3 Å². The van der Waals surface area contributed by atoms with Crippen LogP contribution in [0.15, 0.2) is 58.5 Å². The molecule has 2 aliphatic heterocycles. The van der Waals surface area contributed by atoms with Crippen molar-refractivity contribution >= 4 is 44.6 Å². The minimum absolute atomic E-state index is 0.160. The Morgan fingerprint density at radius 1 is 1.09 bits per heavy atom. The van der Waals surface area contributed by atoms with E-state index in [-0.39, 0.29) is 29.1 Å². The molecule has 53 heavy (non-hydrogen) atoms. The number of hydrogen-bond donors (Lipinski definition) is 1. The number of pyridine rings is 2. The average molecular weight is 740 g/mol. The van der Waals surface area contributed by atoms with Crippen molar-refractivity contribution in [2.75, 3.05) is 43.1 Å². The Morgan fingerprint density at radius 3 is 2.66 bits per heavy atom. The molecule has 3 aliphatic rings. The third-order valence-corrected chi connectivity index (χ3v) is 12.0. The molecular weight excluding hydrogens is 698 g/mol. The lowest BCUT2D eigenvalue weighted by Gasteiger charge is -2.47. The summed E-state index contributed by atoms with van der Waals surface area (Å²) >= 11 is 1.47. The van der Waals surface area contributed by atoms with E-state index in [9.17, 15) is 14.4 Å². The number of halogens is 1. The standard InChI is InChI=1S/C39H42FN7O5S/c1-4-26-19-45(28-20-51-21-28)11-12-46(26)27-9-10-36(41-16-27)43-33-13-24(18-44(3)38(33)49)30-14-25(40)15-34(32(30)22-52-23(2)48)47-39(50)37-31(17-42-47)29-7-5-6-8-35(29)53-37/h9-10,13-18,26,28H,4-8,11-12,19-22H2,1-3H3,(H,41,43). The minimum atomic E-state index is -0.617. The van der Waals surface area contributed by atoms with Crippen LogP contribution in [0.5, 0.6) is 0 Å². The lowest BCUT2D eigenvalue weighted by Crippen LogP contribution is -2.60. The van der Waals surface area contributed by atoms with E-state index in [1.807, 2.05) is 18.3 Å². The molecule has 0 bridgehead atoms. The van der Waals surface area contributed by atoms with E-state index in [1.165, 1.54) is 50.1 Å². The third-order valence-electron chi connectivity index (χ3n) is 10.7. The Bertz CT molecular complexity index is 2320. The summed E-state index contributed by atoms with van der Waals surface area (Å²) in [5.74, 6) is -0.678. The Morgan fingerprint density at radius 2 is 1.92 bits per heavy atom. The number of aryl methyl sites for hydroxylation is 3. The van der Waals surface area contributed by atoms with Crippen molar-refractivity contribution in [2.24, 2.45) is 7.05 Å². The number of ether oxygens (including phenoxy) is 2. The molecule has 8 rings (SSSR count). The molecule has 1 unspecified atom stereocenters. The maximum absolute atomic E-state index is 15.6. The average Bonchev–Trinajstić information content (AvgIpc) is 3.52. The van der Waals surface area contributed by atoms with Gasteiger partial charge in [0.1, 0.15) is 28.6 Å². The summed E-state index contributed by atoms with van der Waals surface area (Å²) in [5.41, 5.74) is 3.08. The first kappa shape index (κ1) is 35.1. The second-order valence-electron chi connectivity index (χ2n) is 14.1. The fourth-order valence-corrected chi connectivity index (χ4v) is 9.05. The molecular formula is C39H42FN7O5S. The predicted octanol–water partition coefficient (Wildman–Crippen LogP) is 5.33. The quantitative estimate of drug-likeness (QED) is 0.199. The fourth-order valence-electron chi connectivity index (χ4n) is 7.77. The van der Waals surface area contributed by atoms with E-state index < -0.39 is 11.8 Å². The number of rotatable bonds is 9. The van der Waals surface area contributed by atoms with Gasteiger partial charge in [0, 0.05) is 73.3 Å². The highest BCUT2D eigenvalue weighted by Crippen LogP contribution is 2.36. The maximum Gasteiger partial charge on any atom is 0.302 e. The van der Waals surface area contributed by atoms with Gasteiger partial charge in [0.05, 0.1) is 43.0 Å². The number of anilines is 3. The number of carbonyl (C=O) groups excluding carboxylic acids is 1. The number of fused-ring (bicyclic) bond motifs is 3. The van der Waals surface area contributed by atoms with Crippen LogP contribution in [0.4, 0.5) is 21.6 Å². The summed E-state index contributed by atoms with van der Waals surface area (Å²) in [6, 6.07) is 8.89. The van der Waals surface area contributed by atoms with Gasteiger partial charge in [-0.15, -0.1) is 11.3 Å². The van der Waals surface area contributed by atoms with Gasteiger partial charge in [-0.1, -0.05) is 6.92 Å². The zero-order chi connectivity index (χ0) is 36.8. The van der Waals surface area contributed by atoms with Crippen LogP contribution in [0.1, 0.15) is 49.1 Å². The summed E-state index contributed by atoms with van der Waals surface area (Å²) in [4.78, 5) is 50.2. The first-order valence-corrected chi connectivity index (χ1v) is 19.0. The zero-order valence-electron chi connectivity index (χ0n) is 30.1. The molecule has 4 aromatic heterocycles. The molecule has 1 atom stereocenters. The lowest BCUT2D eigenvalue weighted by molar-refractivity contribution is -0.142. The van der Waals surface area contributed by atoms with Crippen molar-refractivity contribution in [1.82, 2.24) is 24.2 Å². The van der Waals surface area contributed by atoms with E-state index in [1.54, 1.807) is 25.5 Å². The summed E-state index contributed by atoms with van der Waals surface area (Å²) < 4.78 is 29.6. The molecule has 0 amide bonds. The number of benzene rings is 1. The van der Waals surface area contributed by atoms with Gasteiger partial charge in [-0.25, -0.2) is 9.37 Å². The number of hydrogen-bond acceptors (Lipinski definition) is 11. The van der Waals surface area contributed by atoms with Crippen molar-refractivity contribution in [1.29, 1.82) is 0 Å². The number of carbonyl (C=O) groups is 1. The van der Waals surface area contributed by atoms with Crippen LogP contribution in [0.25, 0.3) is 26.9 Å². The second kappa shape index (κ2) is 14.5. The van der Waals surface area contributed by atoms with Crippen LogP contribution in [-0.4, -0.2) is 75.1 Å². The zero-order valence-corrected chi connectivity index (χ0v) is 30.9. The van der Waals surface area contributed by atoms with Gasteiger partial charge in [-0.05, 0) is 67.5 Å². The van der Waals surface area contributed by atoms with Gasteiger partial charge >= 0.3 is 5.97 Å². The van der Waals surface area contributed by atoms with Crippen LogP contribution in [0, 0.1) is 5.82 Å². The predicted molar refractivity (Wildman–Crippen MR) is 203 cm³/mol. The summed E-state index contributed by atoms with van der Waals surface area (Å²) in [7, 11) is 1.61. The Labute approximate surface area is 309 Å². The van der Waals surface area contributed by atoms with Gasteiger partial charge in [-0.2, -0.15) is 9.78 Å². The fraction of sp³-hybridized carbons (Fsp3) is 0.410. The molecule has 1 N–H and O–H groups in total. The number of aromatic nitrogens is 4. The van der Waals surface area contributed by atoms with Crippen molar-refractivity contribution in [3.05, 3.63) is 91.5 Å². The molecule has 1 aliphatic carbocycles. The third kappa shape index (κ3) is 6.75. The SMILES string of the molecule is CCC1CN(C2COC2)CCN1c1ccc(Nc2cc(-c3cc(F)cc(-n4ncc5c6c(sc5c4=O)CCCC6)c3COC(C)=O)cn(C)c2=O)nc1. The molecule has 276 valence electrons. The van der Waals surface area contributed by atoms with E-state index in [0.29, 0.717) is 39.3 Å². The first-order chi connectivity index (χ1) is 25.7. The molecule has 0 radical (unpaired) electrons. The largest absolute Gasteiger partial charge is 0.461 e. The maximum atomic E-state index is 15.6. The van der Waals surface area contributed by atoms with Crippen LogP contribution >= 0.6 is 11.3 Å². The van der Waals surface area contributed by atoms with Crippen molar-refractivity contribution in [3.63, 3.8) is 0 Å². The topological polar surface area (TPSA) is 124 Å². The molecule has 0 spiro atoms. The van der Waals surface area contributed by atoms with Gasteiger partial charge in [0.25, 0.3) is 11.1 Å². The van der Waals surface area contributed by atoms with Crippen molar-refractivity contribution in [3.8, 4) is 16.8 Å². The molecule has 1 aromatic carbocycles. The molecule has 12 nitrogen and oxygen atoms in total. The van der Waals surface area contributed by atoms with Gasteiger partial charge < -0.3 is 24.3 Å². The molecule has 6 heterocycles. The number of nitrogens with one attached hydrogen (secondary N) is 1. The first-order valence-electron chi connectivity index (χ1n) is 18.2. The van der Waals surface area contributed by atoms with Crippen LogP contribution in [-0.2, 0) is 40.8 Å². The van der Waals surface area contributed by atoms with Gasteiger partial charge in [0.2, 0.25) is 0 Å². The highest BCUT2D eigenvalue weighted by atomic mass is 32.1. The van der Waals surface area contributed by atoms with Crippen LogP contribution < -0.4 is 21.3 Å². The van der Waals surface area contributed by atoms with Crippen molar-refractivity contribution < 1.29 is 18.7 Å². The lowest BCUT2D eigenvalue weighted by atomic mass is 9.97. The van der Waals surface area contributed by atoms with Gasteiger partial charge in [0.15, 0.2) is 0 Å². The Hall–Kier alpha value is -4.92. The number of thiophene rings is 1. The number of nitrogens with zero attached hydrogens (tertiary/aromatic N) is 6. The summed E-state index contributed by atoms with van der Waals surface area (Å²) in [6.07, 6.45) is 10.1. The minimum Gasteiger partial charge on any atom is -0.461 e. The molecule has 2 fully saturated rings. The molecule has 5 aromatic rings. The molecule has 0 saturated carbocycles. The number of esters is 1. The summed E-state index contributed by atoms with van der Waals surface area (Å²) in [5, 5.41) is 8.52. The number of piperazine rings is 1. The van der Waals surface area contributed by atoms with Crippen LogP contribution in [0.2, 0.25) is 0 Å². The highest BCUT2D eigenvalue weighted by Gasteiger charge is 2.33. The summed E-state index contributed by atoms with van der Waals surface area (Å²) in [6.45, 7) is 7.68. The highest BCUT2D eigenvalue weighted by molar-refractivity contribution is 7.19. The molecule has 14 heteroatoms. The molecule has 2 saturated heterocycles. The monoisotopic (exact) mass is 739 g/mol. The smallest absolute Gasteiger partial charge is 0.302 e. The Kier molecular flexibility index (Phi) is 9.60.